The maximum Gasteiger partial charge on any atom is 0.435 e. The van der Waals surface area contributed by atoms with Crippen molar-refractivity contribution in [1.82, 2.24) is 4.90 Å². The van der Waals surface area contributed by atoms with E-state index in [-0.39, 0.29) is 12.7 Å². The second kappa shape index (κ2) is 6.94. The van der Waals surface area contributed by atoms with Gasteiger partial charge in [-0.05, 0) is 39.7 Å². The third-order valence-corrected chi connectivity index (χ3v) is 5.00. The van der Waals surface area contributed by atoms with Crippen LogP contribution in [0.25, 0.3) is 0 Å². The standard InChI is InChI=1S/C15H20F9NO2/c1-9(2)26-8-11-4-3-5-25(11)7-10(6-11)27-12(13(16,17)18,14(19,20)21)15(22,23)24/h9-10H,3-8H2,1-2H3/t10-,11-/m0/s1. The van der Waals surface area contributed by atoms with E-state index in [1.54, 1.807) is 18.7 Å². The SMILES string of the molecule is CC(C)OC[C@@]12CCCN1C[C@@H](OC(C(F)(F)F)(C(F)(F)F)C(F)(F)F)C2. The van der Waals surface area contributed by atoms with E-state index in [2.05, 4.69) is 4.74 Å². The summed E-state index contributed by atoms with van der Waals surface area (Å²) in [6, 6.07) is 0. The first-order chi connectivity index (χ1) is 12.1. The van der Waals surface area contributed by atoms with Gasteiger partial charge in [0, 0.05) is 12.1 Å². The maximum absolute atomic E-state index is 13.1. The van der Waals surface area contributed by atoms with Crippen LogP contribution in [0.4, 0.5) is 39.5 Å². The van der Waals surface area contributed by atoms with E-state index in [1.165, 1.54) is 0 Å². The Bertz CT molecular complexity index is 493. The van der Waals surface area contributed by atoms with Gasteiger partial charge in [-0.2, -0.15) is 39.5 Å². The van der Waals surface area contributed by atoms with Gasteiger partial charge in [0.15, 0.2) is 0 Å². The van der Waals surface area contributed by atoms with Gasteiger partial charge in [-0.1, -0.05) is 0 Å². The van der Waals surface area contributed by atoms with Gasteiger partial charge >= 0.3 is 24.1 Å². The number of halogens is 9. The Morgan fingerprint density at radius 3 is 1.93 bits per heavy atom. The molecule has 12 heteroatoms. The number of alkyl halides is 9. The predicted molar refractivity (Wildman–Crippen MR) is 75.0 cm³/mol. The molecule has 0 aromatic rings. The van der Waals surface area contributed by atoms with Crippen LogP contribution < -0.4 is 0 Å². The molecule has 0 unspecified atom stereocenters. The molecule has 0 aliphatic carbocycles. The van der Waals surface area contributed by atoms with Crippen molar-refractivity contribution in [2.24, 2.45) is 0 Å². The van der Waals surface area contributed by atoms with Gasteiger partial charge in [0.25, 0.3) is 0 Å². The zero-order chi connectivity index (χ0) is 20.9. The van der Waals surface area contributed by atoms with Crippen molar-refractivity contribution in [3.63, 3.8) is 0 Å². The summed E-state index contributed by atoms with van der Waals surface area (Å²) in [4.78, 5) is 1.56. The lowest BCUT2D eigenvalue weighted by Gasteiger charge is -2.40. The highest BCUT2D eigenvalue weighted by Crippen LogP contribution is 2.56. The molecular weight excluding hydrogens is 397 g/mol. The number of fused-ring (bicyclic) bond motifs is 1. The highest BCUT2D eigenvalue weighted by Gasteiger charge is 2.86. The van der Waals surface area contributed by atoms with Crippen LogP contribution >= 0.6 is 0 Å². The third kappa shape index (κ3) is 3.89. The largest absolute Gasteiger partial charge is 0.435 e. The Labute approximate surface area is 149 Å². The molecule has 2 aliphatic heterocycles. The van der Waals surface area contributed by atoms with Crippen LogP contribution in [-0.2, 0) is 9.47 Å². The second-order valence-corrected chi connectivity index (χ2v) is 7.25. The van der Waals surface area contributed by atoms with Crippen molar-refractivity contribution in [3.05, 3.63) is 0 Å². The summed E-state index contributed by atoms with van der Waals surface area (Å²) >= 11 is 0. The van der Waals surface area contributed by atoms with Gasteiger partial charge < -0.3 is 9.47 Å². The summed E-state index contributed by atoms with van der Waals surface area (Å²) < 4.78 is 127. The fourth-order valence-electron chi connectivity index (χ4n) is 3.80. The van der Waals surface area contributed by atoms with Crippen LogP contribution in [-0.4, -0.2) is 66.5 Å². The zero-order valence-electron chi connectivity index (χ0n) is 14.6. The molecule has 0 N–H and O–H groups in total. The smallest absolute Gasteiger partial charge is 0.377 e. The summed E-state index contributed by atoms with van der Waals surface area (Å²) in [5, 5.41) is 0. The highest BCUT2D eigenvalue weighted by molar-refractivity contribution is 5.08. The molecule has 0 aromatic carbocycles. The molecule has 27 heavy (non-hydrogen) atoms. The Hall–Kier alpha value is -0.750. The second-order valence-electron chi connectivity index (χ2n) is 7.25. The van der Waals surface area contributed by atoms with Gasteiger partial charge in [-0.25, -0.2) is 0 Å². The van der Waals surface area contributed by atoms with Crippen molar-refractivity contribution in [3.8, 4) is 0 Å². The minimum absolute atomic E-state index is 0.00157. The molecule has 2 fully saturated rings. The summed E-state index contributed by atoms with van der Waals surface area (Å²) in [6.45, 7) is 3.28. The van der Waals surface area contributed by atoms with Crippen molar-refractivity contribution in [2.75, 3.05) is 19.7 Å². The Morgan fingerprint density at radius 1 is 0.963 bits per heavy atom. The molecule has 0 spiro atoms. The van der Waals surface area contributed by atoms with E-state index in [9.17, 15) is 39.5 Å². The van der Waals surface area contributed by atoms with Gasteiger partial charge in [-0.3, -0.25) is 4.90 Å². The van der Waals surface area contributed by atoms with E-state index in [4.69, 9.17) is 4.74 Å². The average molecular weight is 417 g/mol. The summed E-state index contributed by atoms with van der Waals surface area (Å²) in [7, 11) is 0. The van der Waals surface area contributed by atoms with Crippen molar-refractivity contribution >= 4 is 0 Å². The van der Waals surface area contributed by atoms with Crippen molar-refractivity contribution in [2.45, 2.75) is 75.0 Å². The Morgan fingerprint density at radius 2 is 1.48 bits per heavy atom. The zero-order valence-corrected chi connectivity index (χ0v) is 14.6. The lowest BCUT2D eigenvalue weighted by atomic mass is 9.93. The summed E-state index contributed by atoms with van der Waals surface area (Å²) in [5.41, 5.74) is -7.14. The molecule has 2 rings (SSSR count). The van der Waals surface area contributed by atoms with E-state index in [0.717, 1.165) is 0 Å². The molecule has 2 aliphatic rings. The van der Waals surface area contributed by atoms with E-state index in [1.807, 2.05) is 0 Å². The first kappa shape index (κ1) is 22.5. The maximum atomic E-state index is 13.1. The molecule has 160 valence electrons. The first-order valence-corrected chi connectivity index (χ1v) is 8.30. The molecule has 0 amide bonds. The van der Waals surface area contributed by atoms with Crippen LogP contribution in [0.3, 0.4) is 0 Å². The highest BCUT2D eigenvalue weighted by atomic mass is 19.4. The monoisotopic (exact) mass is 417 g/mol. The van der Waals surface area contributed by atoms with E-state index >= 15 is 0 Å². The molecule has 0 radical (unpaired) electrons. The lowest BCUT2D eigenvalue weighted by molar-refractivity contribution is -0.463. The van der Waals surface area contributed by atoms with Crippen LogP contribution in [0.1, 0.15) is 33.1 Å². The van der Waals surface area contributed by atoms with Crippen LogP contribution in [0.2, 0.25) is 0 Å². The number of rotatable bonds is 5. The van der Waals surface area contributed by atoms with Crippen LogP contribution in [0.15, 0.2) is 0 Å². The van der Waals surface area contributed by atoms with Gasteiger partial charge in [-0.15, -0.1) is 0 Å². The molecule has 0 saturated carbocycles. The van der Waals surface area contributed by atoms with Crippen LogP contribution in [0.5, 0.6) is 0 Å². The minimum atomic E-state index is -6.71. The van der Waals surface area contributed by atoms with E-state index in [0.29, 0.717) is 19.4 Å². The fraction of sp³-hybridized carbons (Fsp3) is 1.00. The topological polar surface area (TPSA) is 21.7 Å². The molecular formula is C15H20F9NO2. The van der Waals surface area contributed by atoms with Gasteiger partial charge in [0.2, 0.25) is 0 Å². The third-order valence-electron chi connectivity index (χ3n) is 5.00. The number of ether oxygens (including phenoxy) is 2. The lowest BCUT2D eigenvalue weighted by Crippen LogP contribution is -2.68. The fourth-order valence-corrected chi connectivity index (χ4v) is 3.80. The molecule has 2 heterocycles. The molecule has 3 nitrogen and oxygen atoms in total. The quantitative estimate of drug-likeness (QED) is 0.617. The number of hydrogen-bond donors (Lipinski definition) is 0. The summed E-state index contributed by atoms with van der Waals surface area (Å²) in [5.74, 6) is 0. The van der Waals surface area contributed by atoms with Gasteiger partial charge in [0.05, 0.1) is 18.8 Å². The first-order valence-electron chi connectivity index (χ1n) is 8.30. The number of nitrogens with zero attached hydrogens (tertiary/aromatic N) is 1. The minimum Gasteiger partial charge on any atom is -0.377 e. The Balaban J connectivity index is 2.32. The molecule has 2 saturated heterocycles. The van der Waals surface area contributed by atoms with E-state index < -0.39 is 48.7 Å². The van der Waals surface area contributed by atoms with Crippen molar-refractivity contribution in [1.29, 1.82) is 0 Å². The molecule has 0 aromatic heterocycles. The normalized spacial score (nSPS) is 28.2. The average Bonchev–Trinajstić information content (AvgIpc) is 2.94. The van der Waals surface area contributed by atoms with Crippen LogP contribution in [0, 0.1) is 0 Å². The summed E-state index contributed by atoms with van der Waals surface area (Å²) in [6.07, 6.45) is -21.6. The molecule has 2 atom stereocenters. The molecule has 0 bridgehead atoms. The van der Waals surface area contributed by atoms with Gasteiger partial charge in [0.1, 0.15) is 0 Å². The number of hydrogen-bond acceptors (Lipinski definition) is 3. The van der Waals surface area contributed by atoms with Crippen molar-refractivity contribution < 1.29 is 49.0 Å². The predicted octanol–water partition coefficient (Wildman–Crippen LogP) is 4.46. The Kier molecular flexibility index (Phi) is 5.79.